The minimum absolute atomic E-state index is 0.0135. The largest absolute Gasteiger partial charge is 0.463 e. The second-order valence-corrected chi connectivity index (χ2v) is 10.6. The molecule has 0 heterocycles. The molecule has 0 N–H and O–H groups in total. The summed E-state index contributed by atoms with van der Waals surface area (Å²) in [5.74, 6) is -0.0822. The maximum absolute atomic E-state index is 11.5. The number of ether oxygens (including phenoxy) is 2. The van der Waals surface area contributed by atoms with Crippen molar-refractivity contribution in [3.63, 3.8) is 0 Å². The summed E-state index contributed by atoms with van der Waals surface area (Å²) in [6.45, 7) is 7.62. The first-order valence-corrected chi connectivity index (χ1v) is 14.8. The second kappa shape index (κ2) is 25.0. The van der Waals surface area contributed by atoms with Gasteiger partial charge in [0.1, 0.15) is 0 Å². The Bertz CT molecular complexity index is 417. The molecule has 0 atom stereocenters. The highest BCUT2D eigenvalue weighted by Crippen LogP contribution is 2.15. The molecule has 0 amide bonds. The minimum atomic E-state index is -0.0411. The molecule has 0 aromatic heterocycles. The van der Waals surface area contributed by atoms with Crippen molar-refractivity contribution in [1.82, 2.24) is 0 Å². The standard InChI is InChI=1S/C30H58O4/c1-27(2)33-29(31)25-23-21-19-17-15-13-11-9-7-5-6-8-10-12-14-16-18-20-22-24-26-30(32)34-28(3)4/h27-28H,5-26H2,1-4H3. The Morgan fingerprint density at radius 2 is 0.559 bits per heavy atom. The van der Waals surface area contributed by atoms with Crippen LogP contribution in [0.15, 0.2) is 0 Å². The fourth-order valence-corrected chi connectivity index (χ4v) is 4.36. The van der Waals surface area contributed by atoms with Crippen molar-refractivity contribution < 1.29 is 19.1 Å². The van der Waals surface area contributed by atoms with E-state index in [4.69, 9.17) is 9.47 Å². The third-order valence-corrected chi connectivity index (χ3v) is 6.25. The lowest BCUT2D eigenvalue weighted by molar-refractivity contribution is -0.148. The van der Waals surface area contributed by atoms with Gasteiger partial charge >= 0.3 is 11.9 Å². The van der Waals surface area contributed by atoms with Crippen LogP contribution in [0.25, 0.3) is 0 Å². The highest BCUT2D eigenvalue weighted by atomic mass is 16.5. The van der Waals surface area contributed by atoms with Gasteiger partial charge in [-0.05, 0) is 40.5 Å². The van der Waals surface area contributed by atoms with E-state index < -0.39 is 0 Å². The summed E-state index contributed by atoms with van der Waals surface area (Å²) in [5.41, 5.74) is 0. The van der Waals surface area contributed by atoms with Gasteiger partial charge in [-0.25, -0.2) is 0 Å². The summed E-state index contributed by atoms with van der Waals surface area (Å²) in [7, 11) is 0. The molecule has 0 radical (unpaired) electrons. The Balaban J connectivity index is 3.13. The van der Waals surface area contributed by atoms with E-state index in [0.29, 0.717) is 12.8 Å². The van der Waals surface area contributed by atoms with Crippen molar-refractivity contribution in [2.75, 3.05) is 0 Å². The fourth-order valence-electron chi connectivity index (χ4n) is 4.36. The molecule has 0 rings (SSSR count). The summed E-state index contributed by atoms with van der Waals surface area (Å²) >= 11 is 0. The van der Waals surface area contributed by atoms with Crippen LogP contribution in [0.1, 0.15) is 169 Å². The first-order chi connectivity index (χ1) is 16.4. The Morgan fingerprint density at radius 1 is 0.382 bits per heavy atom. The van der Waals surface area contributed by atoms with Gasteiger partial charge in [0.25, 0.3) is 0 Å². The van der Waals surface area contributed by atoms with E-state index in [1.54, 1.807) is 0 Å². The number of hydrogen-bond acceptors (Lipinski definition) is 4. The summed E-state index contributed by atoms with van der Waals surface area (Å²) in [5, 5.41) is 0. The van der Waals surface area contributed by atoms with Crippen molar-refractivity contribution >= 4 is 11.9 Å². The molecule has 0 aliphatic carbocycles. The third-order valence-electron chi connectivity index (χ3n) is 6.25. The van der Waals surface area contributed by atoms with E-state index in [1.165, 1.54) is 103 Å². The van der Waals surface area contributed by atoms with Crippen LogP contribution in [0.5, 0.6) is 0 Å². The average Bonchev–Trinajstić information content (AvgIpc) is 2.76. The summed E-state index contributed by atoms with van der Waals surface area (Å²) in [6.07, 6.45) is 27.2. The summed E-state index contributed by atoms with van der Waals surface area (Å²) in [6, 6.07) is 0. The van der Waals surface area contributed by atoms with Crippen LogP contribution in [-0.2, 0) is 19.1 Å². The highest BCUT2D eigenvalue weighted by molar-refractivity contribution is 5.69. The molecule has 4 heteroatoms. The van der Waals surface area contributed by atoms with E-state index in [2.05, 4.69) is 0 Å². The third kappa shape index (κ3) is 27.2. The van der Waals surface area contributed by atoms with Crippen molar-refractivity contribution in [1.29, 1.82) is 0 Å². The van der Waals surface area contributed by atoms with Gasteiger partial charge in [0, 0.05) is 12.8 Å². The highest BCUT2D eigenvalue weighted by Gasteiger charge is 2.05. The average molecular weight is 483 g/mol. The molecule has 0 aromatic rings. The van der Waals surface area contributed by atoms with E-state index in [1.807, 2.05) is 27.7 Å². The van der Waals surface area contributed by atoms with E-state index in [0.717, 1.165) is 25.7 Å². The molecule has 34 heavy (non-hydrogen) atoms. The predicted molar refractivity (Wildman–Crippen MR) is 144 cm³/mol. The molecular weight excluding hydrogens is 424 g/mol. The van der Waals surface area contributed by atoms with Crippen LogP contribution < -0.4 is 0 Å². The van der Waals surface area contributed by atoms with Crippen LogP contribution in [0.3, 0.4) is 0 Å². The van der Waals surface area contributed by atoms with Gasteiger partial charge in [0.2, 0.25) is 0 Å². The normalized spacial score (nSPS) is 11.4. The number of carbonyl (C=O) groups is 2. The Kier molecular flexibility index (Phi) is 24.3. The molecular formula is C30H58O4. The molecule has 0 unspecified atom stereocenters. The zero-order chi connectivity index (χ0) is 25.3. The Hall–Kier alpha value is -1.06. The van der Waals surface area contributed by atoms with Crippen LogP contribution in [-0.4, -0.2) is 24.1 Å². The zero-order valence-electron chi connectivity index (χ0n) is 23.3. The van der Waals surface area contributed by atoms with Crippen molar-refractivity contribution in [3.8, 4) is 0 Å². The Labute approximate surface area is 212 Å². The van der Waals surface area contributed by atoms with Gasteiger partial charge in [0.15, 0.2) is 0 Å². The van der Waals surface area contributed by atoms with E-state index >= 15 is 0 Å². The van der Waals surface area contributed by atoms with Crippen LogP contribution >= 0.6 is 0 Å². The molecule has 0 aliphatic rings. The number of esters is 2. The lowest BCUT2D eigenvalue weighted by Crippen LogP contribution is -2.10. The lowest BCUT2D eigenvalue weighted by Gasteiger charge is -2.07. The zero-order valence-corrected chi connectivity index (χ0v) is 23.3. The van der Waals surface area contributed by atoms with Gasteiger partial charge in [-0.3, -0.25) is 9.59 Å². The number of carbonyl (C=O) groups excluding carboxylic acids is 2. The molecule has 0 bridgehead atoms. The first kappa shape index (κ1) is 32.9. The summed E-state index contributed by atoms with van der Waals surface area (Å²) in [4.78, 5) is 22.9. The molecule has 0 aromatic carbocycles. The molecule has 0 saturated carbocycles. The fraction of sp³-hybridized carbons (Fsp3) is 0.933. The van der Waals surface area contributed by atoms with Crippen LogP contribution in [0.2, 0.25) is 0 Å². The van der Waals surface area contributed by atoms with Crippen molar-refractivity contribution in [3.05, 3.63) is 0 Å². The first-order valence-electron chi connectivity index (χ1n) is 14.8. The molecule has 0 spiro atoms. The Morgan fingerprint density at radius 3 is 0.735 bits per heavy atom. The smallest absolute Gasteiger partial charge is 0.306 e. The SMILES string of the molecule is CC(C)OC(=O)CCCCCCCCCCCCCCCCCCCCCCC(=O)OC(C)C. The van der Waals surface area contributed by atoms with E-state index in [9.17, 15) is 9.59 Å². The molecule has 0 fully saturated rings. The predicted octanol–water partition coefficient (Wildman–Crippen LogP) is 9.47. The minimum Gasteiger partial charge on any atom is -0.463 e. The molecule has 4 nitrogen and oxygen atoms in total. The van der Waals surface area contributed by atoms with Gasteiger partial charge in [0.05, 0.1) is 12.2 Å². The molecule has 202 valence electrons. The lowest BCUT2D eigenvalue weighted by atomic mass is 10.0. The van der Waals surface area contributed by atoms with Crippen molar-refractivity contribution in [2.24, 2.45) is 0 Å². The topological polar surface area (TPSA) is 52.6 Å². The number of unbranched alkanes of at least 4 members (excludes halogenated alkanes) is 19. The monoisotopic (exact) mass is 482 g/mol. The van der Waals surface area contributed by atoms with Crippen molar-refractivity contribution in [2.45, 2.75) is 181 Å². The molecule has 0 saturated heterocycles. The second-order valence-electron chi connectivity index (χ2n) is 10.6. The maximum atomic E-state index is 11.5. The number of rotatable bonds is 25. The van der Waals surface area contributed by atoms with Crippen LogP contribution in [0, 0.1) is 0 Å². The molecule has 0 aliphatic heterocycles. The van der Waals surface area contributed by atoms with Crippen LogP contribution in [0.4, 0.5) is 0 Å². The van der Waals surface area contributed by atoms with Gasteiger partial charge in [-0.1, -0.05) is 116 Å². The van der Waals surface area contributed by atoms with E-state index in [-0.39, 0.29) is 24.1 Å². The quantitative estimate of drug-likeness (QED) is 0.0960. The maximum Gasteiger partial charge on any atom is 0.306 e. The van der Waals surface area contributed by atoms with Gasteiger partial charge in [-0.2, -0.15) is 0 Å². The van der Waals surface area contributed by atoms with Gasteiger partial charge in [-0.15, -0.1) is 0 Å². The number of hydrogen-bond donors (Lipinski definition) is 0. The van der Waals surface area contributed by atoms with Gasteiger partial charge < -0.3 is 9.47 Å². The summed E-state index contributed by atoms with van der Waals surface area (Å²) < 4.78 is 10.3.